The third kappa shape index (κ3) is 3.24. The molecule has 0 atom stereocenters. The van der Waals surface area contributed by atoms with Gasteiger partial charge in [0.05, 0.1) is 0 Å². The number of nitrogens with zero attached hydrogens (tertiary/aromatic N) is 6. The largest absolute Gasteiger partial charge is 0.372 e. The molecule has 0 fully saturated rings. The van der Waals surface area contributed by atoms with Gasteiger partial charge >= 0.3 is 6.03 Å². The van der Waals surface area contributed by atoms with Crippen LogP contribution in [-0.4, -0.2) is 35.6 Å². The first kappa shape index (κ1) is 13.4. The molecule has 2 aromatic heterocycles. The molecule has 0 saturated carbocycles. The van der Waals surface area contributed by atoms with Crippen molar-refractivity contribution in [2.45, 2.75) is 46.0 Å². The van der Waals surface area contributed by atoms with E-state index in [0.717, 1.165) is 23.9 Å². The van der Waals surface area contributed by atoms with Gasteiger partial charge in [0.1, 0.15) is 24.3 Å². The Balaban J connectivity index is 2.10. The van der Waals surface area contributed by atoms with Gasteiger partial charge in [-0.1, -0.05) is 26.2 Å². The van der Waals surface area contributed by atoms with Crippen molar-refractivity contribution in [3.05, 3.63) is 24.3 Å². The first-order valence-corrected chi connectivity index (χ1v) is 6.54. The van der Waals surface area contributed by atoms with Gasteiger partial charge in [-0.25, -0.2) is 14.8 Å². The zero-order chi connectivity index (χ0) is 13.7. The van der Waals surface area contributed by atoms with Gasteiger partial charge in [0, 0.05) is 6.42 Å². The highest BCUT2D eigenvalue weighted by atomic mass is 16.2. The van der Waals surface area contributed by atoms with Crippen LogP contribution in [0.5, 0.6) is 0 Å². The van der Waals surface area contributed by atoms with Gasteiger partial charge in [-0.2, -0.15) is 14.5 Å². The van der Waals surface area contributed by atoms with Crippen LogP contribution in [-0.2, 0) is 6.42 Å². The molecule has 0 N–H and O–H groups in total. The highest BCUT2D eigenvalue weighted by Gasteiger charge is 2.16. The lowest BCUT2D eigenvalue weighted by Crippen LogP contribution is -2.23. The highest BCUT2D eigenvalue weighted by Crippen LogP contribution is 2.07. The normalized spacial score (nSPS) is 10.8. The summed E-state index contributed by atoms with van der Waals surface area (Å²) in [6.07, 6.45) is 7.97. The first-order valence-electron chi connectivity index (χ1n) is 6.54. The Kier molecular flexibility index (Phi) is 4.38. The third-order valence-corrected chi connectivity index (χ3v) is 2.83. The van der Waals surface area contributed by atoms with Gasteiger partial charge in [0.15, 0.2) is 0 Å². The van der Waals surface area contributed by atoms with Gasteiger partial charge in [-0.15, -0.1) is 5.10 Å². The van der Waals surface area contributed by atoms with Crippen LogP contribution < -0.4 is 0 Å². The van der Waals surface area contributed by atoms with E-state index in [1.165, 1.54) is 30.2 Å². The number of carbonyl (C=O) groups is 1. The lowest BCUT2D eigenvalue weighted by Gasteiger charge is -2.03. The molecular weight excluding hydrogens is 244 g/mol. The summed E-state index contributed by atoms with van der Waals surface area (Å²) < 4.78 is 2.47. The summed E-state index contributed by atoms with van der Waals surface area (Å²) in [5.74, 6) is 1.29. The highest BCUT2D eigenvalue weighted by molar-refractivity contribution is 5.77. The molecule has 2 heterocycles. The van der Waals surface area contributed by atoms with Crippen molar-refractivity contribution in [3.63, 3.8) is 0 Å². The fourth-order valence-corrected chi connectivity index (χ4v) is 1.89. The Morgan fingerprint density at radius 2 is 2.16 bits per heavy atom. The molecule has 0 spiro atoms. The minimum absolute atomic E-state index is 0.344. The van der Waals surface area contributed by atoms with Crippen molar-refractivity contribution >= 4 is 6.03 Å². The average molecular weight is 262 g/mol. The summed E-state index contributed by atoms with van der Waals surface area (Å²) in [7, 11) is 0. The zero-order valence-electron chi connectivity index (χ0n) is 11.3. The van der Waals surface area contributed by atoms with Crippen LogP contribution in [0.15, 0.2) is 12.7 Å². The van der Waals surface area contributed by atoms with E-state index in [4.69, 9.17) is 0 Å². The molecule has 7 heteroatoms. The Morgan fingerprint density at radius 3 is 2.84 bits per heavy atom. The standard InChI is InChI=1S/C12H18N6O/c1-3-4-5-6-7-11-15-10(2)16-18(11)12(19)17-9-13-8-14-17/h8-9H,3-7H2,1-2H3. The minimum Gasteiger partial charge on any atom is -0.243 e. The van der Waals surface area contributed by atoms with E-state index in [-0.39, 0.29) is 6.03 Å². The molecule has 2 aromatic rings. The van der Waals surface area contributed by atoms with Crippen LogP contribution in [0.25, 0.3) is 0 Å². The van der Waals surface area contributed by atoms with Gasteiger partial charge in [0.2, 0.25) is 0 Å². The number of hydrogen-bond donors (Lipinski definition) is 0. The SMILES string of the molecule is CCCCCCc1nc(C)nn1C(=O)n1cncn1. The smallest absolute Gasteiger partial charge is 0.243 e. The van der Waals surface area contributed by atoms with Gasteiger partial charge in [0.25, 0.3) is 0 Å². The van der Waals surface area contributed by atoms with E-state index < -0.39 is 0 Å². The number of aryl methyl sites for hydroxylation is 2. The maximum atomic E-state index is 12.2. The number of hydrogen-bond acceptors (Lipinski definition) is 5. The van der Waals surface area contributed by atoms with Crippen LogP contribution in [0.3, 0.4) is 0 Å². The quantitative estimate of drug-likeness (QED) is 0.768. The van der Waals surface area contributed by atoms with Crippen LogP contribution >= 0.6 is 0 Å². The molecule has 0 amide bonds. The van der Waals surface area contributed by atoms with E-state index in [1.54, 1.807) is 6.92 Å². The predicted molar refractivity (Wildman–Crippen MR) is 68.8 cm³/mol. The van der Waals surface area contributed by atoms with Crippen molar-refractivity contribution in [1.29, 1.82) is 0 Å². The molecule has 7 nitrogen and oxygen atoms in total. The Hall–Kier alpha value is -2.05. The van der Waals surface area contributed by atoms with E-state index >= 15 is 0 Å². The van der Waals surface area contributed by atoms with Crippen LogP contribution in [0.1, 0.15) is 44.3 Å². The molecule has 0 aliphatic rings. The molecule has 19 heavy (non-hydrogen) atoms. The molecule has 0 radical (unpaired) electrons. The van der Waals surface area contributed by atoms with Gasteiger partial charge in [-0.05, 0) is 13.3 Å². The lowest BCUT2D eigenvalue weighted by atomic mass is 10.1. The average Bonchev–Trinajstić information content (AvgIpc) is 3.03. The molecule has 0 aromatic carbocycles. The van der Waals surface area contributed by atoms with Crippen molar-refractivity contribution in [2.75, 3.05) is 0 Å². The number of aromatic nitrogens is 6. The summed E-state index contributed by atoms with van der Waals surface area (Å²) in [5.41, 5.74) is 0. The number of carbonyl (C=O) groups excluding carboxylic acids is 1. The van der Waals surface area contributed by atoms with Crippen molar-refractivity contribution < 1.29 is 4.79 Å². The third-order valence-electron chi connectivity index (χ3n) is 2.83. The van der Waals surface area contributed by atoms with Crippen molar-refractivity contribution in [1.82, 2.24) is 29.5 Å². The van der Waals surface area contributed by atoms with Crippen molar-refractivity contribution in [2.24, 2.45) is 0 Å². The van der Waals surface area contributed by atoms with E-state index in [9.17, 15) is 4.79 Å². The minimum atomic E-state index is -0.344. The molecular formula is C12H18N6O. The lowest BCUT2D eigenvalue weighted by molar-refractivity contribution is 0.237. The molecule has 0 aliphatic carbocycles. The number of unbranched alkanes of at least 4 members (excludes halogenated alkanes) is 3. The number of rotatable bonds is 5. The Labute approximate surface area is 111 Å². The van der Waals surface area contributed by atoms with E-state index in [0.29, 0.717) is 11.6 Å². The Morgan fingerprint density at radius 1 is 1.32 bits per heavy atom. The van der Waals surface area contributed by atoms with Crippen LogP contribution in [0.4, 0.5) is 4.79 Å². The predicted octanol–water partition coefficient (Wildman–Crippen LogP) is 1.82. The second-order valence-electron chi connectivity index (χ2n) is 4.42. The fourth-order valence-electron chi connectivity index (χ4n) is 1.89. The van der Waals surface area contributed by atoms with Gasteiger partial charge < -0.3 is 0 Å². The zero-order valence-corrected chi connectivity index (χ0v) is 11.3. The maximum Gasteiger partial charge on any atom is 0.372 e. The topological polar surface area (TPSA) is 78.5 Å². The van der Waals surface area contributed by atoms with Gasteiger partial charge in [-0.3, -0.25) is 0 Å². The molecule has 2 rings (SSSR count). The first-order chi connectivity index (χ1) is 9.22. The molecule has 0 bridgehead atoms. The molecule has 102 valence electrons. The second kappa shape index (κ2) is 6.21. The van der Waals surface area contributed by atoms with Crippen LogP contribution in [0.2, 0.25) is 0 Å². The van der Waals surface area contributed by atoms with Crippen molar-refractivity contribution in [3.8, 4) is 0 Å². The van der Waals surface area contributed by atoms with E-state index in [1.807, 2.05) is 0 Å². The Bertz CT molecular complexity index is 530. The molecule has 0 saturated heterocycles. The van der Waals surface area contributed by atoms with E-state index in [2.05, 4.69) is 27.1 Å². The summed E-state index contributed by atoms with van der Waals surface area (Å²) >= 11 is 0. The summed E-state index contributed by atoms with van der Waals surface area (Å²) in [5, 5.41) is 7.95. The molecule has 0 unspecified atom stereocenters. The summed E-state index contributed by atoms with van der Waals surface area (Å²) in [6.45, 7) is 3.95. The van der Waals surface area contributed by atoms with Crippen LogP contribution in [0, 0.1) is 6.92 Å². The molecule has 0 aliphatic heterocycles. The maximum absolute atomic E-state index is 12.2. The second-order valence-corrected chi connectivity index (χ2v) is 4.42. The summed E-state index contributed by atoms with van der Waals surface area (Å²) in [6, 6.07) is -0.344. The summed E-state index contributed by atoms with van der Waals surface area (Å²) in [4.78, 5) is 20.2. The fraction of sp³-hybridized carbons (Fsp3) is 0.583. The monoisotopic (exact) mass is 262 g/mol.